The van der Waals surface area contributed by atoms with Gasteiger partial charge in [-0.05, 0) is 19.3 Å². The van der Waals surface area contributed by atoms with Crippen LogP contribution in [0.1, 0.15) is 25.0 Å². The summed E-state index contributed by atoms with van der Waals surface area (Å²) in [6.45, 7) is 4.44. The number of rotatable bonds is 2. The van der Waals surface area contributed by atoms with Crippen LogP contribution in [0.3, 0.4) is 0 Å². The Kier molecular flexibility index (Phi) is 3.37. The normalized spacial score (nSPS) is 11.2. The summed E-state index contributed by atoms with van der Waals surface area (Å²) in [5, 5.41) is 0. The molecular formula is C11H12F4. The molecule has 1 rings (SSSR count). The highest BCUT2D eigenvalue weighted by Gasteiger charge is 2.22. The molecule has 0 fully saturated rings. The average Bonchev–Trinajstić information content (AvgIpc) is 2.18. The topological polar surface area (TPSA) is 0 Å². The standard InChI is InChI=1S/C11H12F4/c1-5(2)4-7-10(14)8(12)6(3)9(13)11(7)15/h5H,4H2,1-3H3. The second-order valence-corrected chi connectivity index (χ2v) is 3.96. The van der Waals surface area contributed by atoms with E-state index in [1.54, 1.807) is 13.8 Å². The van der Waals surface area contributed by atoms with Gasteiger partial charge in [0.05, 0.1) is 0 Å². The zero-order valence-corrected chi connectivity index (χ0v) is 8.80. The summed E-state index contributed by atoms with van der Waals surface area (Å²) in [7, 11) is 0. The SMILES string of the molecule is Cc1c(F)c(F)c(CC(C)C)c(F)c1F. The van der Waals surface area contributed by atoms with Gasteiger partial charge >= 0.3 is 0 Å². The highest BCUT2D eigenvalue weighted by Crippen LogP contribution is 2.25. The van der Waals surface area contributed by atoms with E-state index < -0.39 is 34.4 Å². The molecule has 0 heterocycles. The van der Waals surface area contributed by atoms with Crippen molar-refractivity contribution >= 4 is 0 Å². The zero-order valence-electron chi connectivity index (χ0n) is 8.80. The fourth-order valence-corrected chi connectivity index (χ4v) is 1.37. The monoisotopic (exact) mass is 220 g/mol. The lowest BCUT2D eigenvalue weighted by Gasteiger charge is -2.11. The maximum atomic E-state index is 13.3. The van der Waals surface area contributed by atoms with Gasteiger partial charge in [-0.1, -0.05) is 13.8 Å². The first-order valence-corrected chi connectivity index (χ1v) is 4.67. The van der Waals surface area contributed by atoms with Gasteiger partial charge in [0.25, 0.3) is 0 Å². The molecule has 0 bridgehead atoms. The molecule has 0 nitrogen and oxygen atoms in total. The number of halogens is 4. The van der Waals surface area contributed by atoms with E-state index in [0.29, 0.717) is 0 Å². The molecule has 0 radical (unpaired) electrons. The van der Waals surface area contributed by atoms with E-state index in [2.05, 4.69) is 0 Å². The number of benzene rings is 1. The first-order valence-electron chi connectivity index (χ1n) is 4.67. The van der Waals surface area contributed by atoms with Gasteiger partial charge in [0, 0.05) is 11.1 Å². The Labute approximate surface area is 85.9 Å². The number of hydrogen-bond acceptors (Lipinski definition) is 0. The third-order valence-electron chi connectivity index (χ3n) is 2.19. The maximum absolute atomic E-state index is 13.3. The molecule has 0 unspecified atom stereocenters. The molecule has 0 aliphatic carbocycles. The minimum Gasteiger partial charge on any atom is -0.203 e. The van der Waals surface area contributed by atoms with Crippen LogP contribution in [-0.2, 0) is 6.42 Å². The van der Waals surface area contributed by atoms with Crippen LogP contribution in [-0.4, -0.2) is 0 Å². The third-order valence-corrected chi connectivity index (χ3v) is 2.19. The lowest BCUT2D eigenvalue weighted by Crippen LogP contribution is -2.08. The van der Waals surface area contributed by atoms with Crippen LogP contribution >= 0.6 is 0 Å². The quantitative estimate of drug-likeness (QED) is 0.526. The Bertz CT molecular complexity index is 354. The molecule has 0 atom stereocenters. The van der Waals surface area contributed by atoms with Crippen molar-refractivity contribution in [2.24, 2.45) is 5.92 Å². The Hall–Kier alpha value is -1.06. The maximum Gasteiger partial charge on any atom is 0.165 e. The first kappa shape index (κ1) is 12.0. The molecule has 84 valence electrons. The average molecular weight is 220 g/mol. The van der Waals surface area contributed by atoms with Gasteiger partial charge in [-0.15, -0.1) is 0 Å². The summed E-state index contributed by atoms with van der Waals surface area (Å²) in [6, 6.07) is 0. The molecule has 0 saturated carbocycles. The zero-order chi connectivity index (χ0) is 11.7. The molecule has 1 aromatic carbocycles. The molecule has 0 aliphatic rings. The molecule has 0 aliphatic heterocycles. The van der Waals surface area contributed by atoms with Gasteiger partial charge < -0.3 is 0 Å². The first-order chi connectivity index (χ1) is 6.86. The Morgan fingerprint density at radius 2 is 1.27 bits per heavy atom. The Morgan fingerprint density at radius 1 is 0.867 bits per heavy atom. The highest BCUT2D eigenvalue weighted by molar-refractivity contribution is 5.29. The lowest BCUT2D eigenvalue weighted by atomic mass is 9.99. The third kappa shape index (κ3) is 2.13. The van der Waals surface area contributed by atoms with Crippen LogP contribution in [0, 0.1) is 36.1 Å². The van der Waals surface area contributed by atoms with Gasteiger partial charge in [0.1, 0.15) is 0 Å². The van der Waals surface area contributed by atoms with Crippen molar-refractivity contribution in [2.45, 2.75) is 27.2 Å². The van der Waals surface area contributed by atoms with Crippen molar-refractivity contribution in [3.8, 4) is 0 Å². The second-order valence-electron chi connectivity index (χ2n) is 3.96. The van der Waals surface area contributed by atoms with Crippen LogP contribution in [0.15, 0.2) is 0 Å². The summed E-state index contributed by atoms with van der Waals surface area (Å²) >= 11 is 0. The smallest absolute Gasteiger partial charge is 0.165 e. The highest BCUT2D eigenvalue weighted by atomic mass is 19.2. The predicted octanol–water partition coefficient (Wildman–Crippen LogP) is 3.75. The minimum atomic E-state index is -1.30. The predicted molar refractivity (Wildman–Crippen MR) is 49.6 cm³/mol. The fraction of sp³-hybridized carbons (Fsp3) is 0.455. The van der Waals surface area contributed by atoms with Crippen molar-refractivity contribution < 1.29 is 17.6 Å². The summed E-state index contributed by atoms with van der Waals surface area (Å²) < 4.78 is 52.8. The van der Waals surface area contributed by atoms with Crippen LogP contribution in [0.4, 0.5) is 17.6 Å². The van der Waals surface area contributed by atoms with Crippen molar-refractivity contribution in [1.82, 2.24) is 0 Å². The van der Waals surface area contributed by atoms with Crippen molar-refractivity contribution in [3.63, 3.8) is 0 Å². The molecule has 1 aromatic rings. The summed E-state index contributed by atoms with van der Waals surface area (Å²) in [6.07, 6.45) is -0.0220. The summed E-state index contributed by atoms with van der Waals surface area (Å²) in [4.78, 5) is 0. The van der Waals surface area contributed by atoms with Crippen LogP contribution in [0.25, 0.3) is 0 Å². The summed E-state index contributed by atoms with van der Waals surface area (Å²) in [5.74, 6) is -5.23. The molecular weight excluding hydrogens is 208 g/mol. The van der Waals surface area contributed by atoms with E-state index in [0.717, 1.165) is 6.92 Å². The van der Waals surface area contributed by atoms with E-state index in [9.17, 15) is 17.6 Å². The van der Waals surface area contributed by atoms with Gasteiger partial charge in [0.2, 0.25) is 0 Å². The fourth-order valence-electron chi connectivity index (χ4n) is 1.37. The van der Waals surface area contributed by atoms with Gasteiger partial charge in [-0.25, -0.2) is 17.6 Å². The molecule has 0 aromatic heterocycles. The van der Waals surface area contributed by atoms with Gasteiger partial charge in [0.15, 0.2) is 23.3 Å². The van der Waals surface area contributed by atoms with Gasteiger partial charge in [-0.2, -0.15) is 0 Å². The Balaban J connectivity index is 3.39. The van der Waals surface area contributed by atoms with E-state index in [4.69, 9.17) is 0 Å². The molecule has 15 heavy (non-hydrogen) atoms. The van der Waals surface area contributed by atoms with Crippen LogP contribution in [0.5, 0.6) is 0 Å². The second kappa shape index (κ2) is 4.21. The van der Waals surface area contributed by atoms with Gasteiger partial charge in [-0.3, -0.25) is 0 Å². The van der Waals surface area contributed by atoms with Crippen molar-refractivity contribution in [3.05, 3.63) is 34.4 Å². The molecule has 0 N–H and O–H groups in total. The summed E-state index contributed by atoms with van der Waals surface area (Å²) in [5.41, 5.74) is -1.12. The molecule has 0 saturated heterocycles. The van der Waals surface area contributed by atoms with E-state index in [1.807, 2.05) is 0 Å². The number of hydrogen-bond donors (Lipinski definition) is 0. The lowest BCUT2D eigenvalue weighted by molar-refractivity contribution is 0.422. The van der Waals surface area contributed by atoms with Crippen LogP contribution in [0.2, 0.25) is 0 Å². The molecule has 0 spiro atoms. The minimum absolute atomic E-state index is 0.0220. The van der Waals surface area contributed by atoms with E-state index in [-0.39, 0.29) is 12.3 Å². The molecule has 4 heteroatoms. The van der Waals surface area contributed by atoms with E-state index in [1.165, 1.54) is 0 Å². The Morgan fingerprint density at radius 3 is 1.60 bits per heavy atom. The largest absolute Gasteiger partial charge is 0.203 e. The van der Waals surface area contributed by atoms with Crippen molar-refractivity contribution in [2.75, 3.05) is 0 Å². The van der Waals surface area contributed by atoms with E-state index >= 15 is 0 Å². The van der Waals surface area contributed by atoms with Crippen LogP contribution < -0.4 is 0 Å². The van der Waals surface area contributed by atoms with Crippen molar-refractivity contribution in [1.29, 1.82) is 0 Å². The molecule has 0 amide bonds.